The molecule has 0 spiro atoms. The van der Waals surface area contributed by atoms with Gasteiger partial charge in [-0.2, -0.15) is 0 Å². The Morgan fingerprint density at radius 2 is 1.78 bits per heavy atom. The van der Waals surface area contributed by atoms with E-state index in [1.54, 1.807) is 33.8 Å². The predicted octanol–water partition coefficient (Wildman–Crippen LogP) is 4.30. The van der Waals surface area contributed by atoms with Crippen LogP contribution in [0.3, 0.4) is 0 Å². The van der Waals surface area contributed by atoms with Crippen LogP contribution in [0.15, 0.2) is 18.2 Å². The Hall–Kier alpha value is -2.97. The maximum Gasteiger partial charge on any atom is 0.328 e. The van der Waals surface area contributed by atoms with E-state index in [0.29, 0.717) is 5.56 Å². The highest BCUT2D eigenvalue weighted by atomic mass is 19.1. The zero-order chi connectivity index (χ0) is 26.9. The number of rotatable bonds is 10. The minimum Gasteiger partial charge on any atom is -0.467 e. The van der Waals surface area contributed by atoms with Crippen molar-refractivity contribution in [2.24, 2.45) is 11.8 Å². The second-order valence-electron chi connectivity index (χ2n) is 10.3. The lowest BCUT2D eigenvalue weighted by Gasteiger charge is -2.30. The zero-order valence-electron chi connectivity index (χ0n) is 21.9. The number of benzene rings is 1. The lowest BCUT2D eigenvalue weighted by atomic mass is 9.78. The van der Waals surface area contributed by atoms with E-state index >= 15 is 0 Å². The maximum absolute atomic E-state index is 15.0. The van der Waals surface area contributed by atoms with Gasteiger partial charge in [0.15, 0.2) is 0 Å². The van der Waals surface area contributed by atoms with E-state index in [-0.39, 0.29) is 36.8 Å². The molecule has 1 aromatic rings. The van der Waals surface area contributed by atoms with Gasteiger partial charge in [-0.15, -0.1) is 0 Å². The van der Waals surface area contributed by atoms with Crippen molar-refractivity contribution in [1.29, 1.82) is 0 Å². The molecule has 2 atom stereocenters. The molecule has 0 aromatic heterocycles. The summed E-state index contributed by atoms with van der Waals surface area (Å²) in [5.74, 6) is -3.09. The summed E-state index contributed by atoms with van der Waals surface area (Å²) in [5.41, 5.74) is -0.221. The quantitative estimate of drug-likeness (QED) is 0.458. The largest absolute Gasteiger partial charge is 0.467 e. The molecule has 1 aromatic carbocycles. The molecule has 200 valence electrons. The van der Waals surface area contributed by atoms with Crippen LogP contribution in [0.4, 0.5) is 10.1 Å². The summed E-state index contributed by atoms with van der Waals surface area (Å²) in [4.78, 5) is 49.5. The van der Waals surface area contributed by atoms with Gasteiger partial charge in [-0.3, -0.25) is 14.4 Å². The van der Waals surface area contributed by atoms with Crippen molar-refractivity contribution in [3.05, 3.63) is 29.6 Å². The van der Waals surface area contributed by atoms with Crippen LogP contribution in [-0.2, 0) is 35.1 Å². The zero-order valence-corrected chi connectivity index (χ0v) is 21.9. The van der Waals surface area contributed by atoms with Crippen LogP contribution in [0.25, 0.3) is 0 Å². The fraction of sp³-hybridized carbons (Fsp3) is 0.630. The van der Waals surface area contributed by atoms with Crippen molar-refractivity contribution in [2.75, 3.05) is 12.4 Å². The van der Waals surface area contributed by atoms with Gasteiger partial charge in [0, 0.05) is 12.8 Å². The number of hydrogen-bond donors (Lipinski definition) is 2. The van der Waals surface area contributed by atoms with E-state index in [1.807, 2.05) is 0 Å². The summed E-state index contributed by atoms with van der Waals surface area (Å²) < 4.78 is 25.1. The van der Waals surface area contributed by atoms with E-state index in [1.165, 1.54) is 19.2 Å². The first-order chi connectivity index (χ1) is 16.9. The average Bonchev–Trinajstić information content (AvgIpc) is 2.82. The van der Waals surface area contributed by atoms with Crippen molar-refractivity contribution in [1.82, 2.24) is 5.32 Å². The Morgan fingerprint density at radius 3 is 2.33 bits per heavy atom. The SMILES string of the molecule is CCC(=O)N[C@H](Cc1ccc(NC(=O)[C@@H](CC(=O)OC(C)(C)C)C2CCCCC2)c(F)c1)C(=O)OC. The molecular weight excluding hydrogens is 467 g/mol. The second kappa shape index (κ2) is 13.4. The summed E-state index contributed by atoms with van der Waals surface area (Å²) in [6.07, 6.45) is 4.90. The molecule has 0 unspecified atom stereocenters. The fourth-order valence-electron chi connectivity index (χ4n) is 4.45. The van der Waals surface area contributed by atoms with Gasteiger partial charge in [-0.05, 0) is 57.2 Å². The average molecular weight is 507 g/mol. The van der Waals surface area contributed by atoms with Crippen molar-refractivity contribution in [3.8, 4) is 0 Å². The Morgan fingerprint density at radius 1 is 1.11 bits per heavy atom. The van der Waals surface area contributed by atoms with Crippen LogP contribution in [0, 0.1) is 17.7 Å². The molecule has 0 heterocycles. The Balaban J connectivity index is 2.15. The summed E-state index contributed by atoms with van der Waals surface area (Å²) in [6, 6.07) is 3.26. The van der Waals surface area contributed by atoms with Gasteiger partial charge in [0.2, 0.25) is 11.8 Å². The number of amides is 2. The minimum absolute atomic E-state index is 0.0130. The lowest BCUT2D eigenvalue weighted by Crippen LogP contribution is -2.42. The molecule has 1 aliphatic carbocycles. The minimum atomic E-state index is -0.952. The molecule has 0 aliphatic heterocycles. The molecule has 1 saturated carbocycles. The Kier molecular flexibility index (Phi) is 10.9. The number of esters is 2. The van der Waals surface area contributed by atoms with E-state index in [9.17, 15) is 23.6 Å². The second-order valence-corrected chi connectivity index (χ2v) is 10.3. The van der Waals surface area contributed by atoms with Gasteiger partial charge in [-0.25, -0.2) is 9.18 Å². The molecule has 2 N–H and O–H groups in total. The van der Waals surface area contributed by atoms with E-state index in [4.69, 9.17) is 9.47 Å². The molecule has 9 heteroatoms. The summed E-state index contributed by atoms with van der Waals surface area (Å²) in [5, 5.41) is 5.22. The smallest absolute Gasteiger partial charge is 0.328 e. The van der Waals surface area contributed by atoms with Gasteiger partial charge in [-0.1, -0.05) is 32.3 Å². The first-order valence-corrected chi connectivity index (χ1v) is 12.6. The highest BCUT2D eigenvalue weighted by Crippen LogP contribution is 2.33. The molecule has 0 radical (unpaired) electrons. The predicted molar refractivity (Wildman–Crippen MR) is 133 cm³/mol. The molecule has 1 aliphatic rings. The summed E-state index contributed by atoms with van der Waals surface area (Å²) in [7, 11) is 1.21. The molecule has 2 rings (SSSR count). The summed E-state index contributed by atoms with van der Waals surface area (Å²) >= 11 is 0. The standard InChI is InChI=1S/C27H39FN2O6/c1-6-23(31)29-22(26(34)35-5)15-17-12-13-21(20(28)14-17)30-25(33)19(18-10-8-7-9-11-18)16-24(32)36-27(2,3)4/h12-14,18-19,22H,6-11,15-16H2,1-5H3,(H,29,31)(H,30,33)/t19-,22+/m0/s1. The first-order valence-electron chi connectivity index (χ1n) is 12.6. The van der Waals surface area contributed by atoms with Crippen LogP contribution in [0.5, 0.6) is 0 Å². The number of methoxy groups -OCH3 is 1. The van der Waals surface area contributed by atoms with Gasteiger partial charge in [0.1, 0.15) is 17.5 Å². The van der Waals surface area contributed by atoms with Crippen LogP contribution in [-0.4, -0.2) is 42.5 Å². The third kappa shape index (κ3) is 9.24. The molecule has 36 heavy (non-hydrogen) atoms. The van der Waals surface area contributed by atoms with Gasteiger partial charge in [0.25, 0.3) is 0 Å². The first kappa shape index (κ1) is 29.3. The highest BCUT2D eigenvalue weighted by molar-refractivity contribution is 5.95. The van der Waals surface area contributed by atoms with Crippen LogP contribution >= 0.6 is 0 Å². The lowest BCUT2D eigenvalue weighted by molar-refractivity contribution is -0.157. The van der Waals surface area contributed by atoms with E-state index in [2.05, 4.69) is 10.6 Å². The molecular formula is C27H39FN2O6. The van der Waals surface area contributed by atoms with Gasteiger partial charge >= 0.3 is 11.9 Å². The summed E-state index contributed by atoms with van der Waals surface area (Å²) in [6.45, 7) is 6.98. The normalized spacial score (nSPS) is 15.9. The molecule has 8 nitrogen and oxygen atoms in total. The number of anilines is 1. The Bertz CT molecular complexity index is 937. The third-order valence-corrected chi connectivity index (χ3v) is 6.24. The highest BCUT2D eigenvalue weighted by Gasteiger charge is 2.33. The molecule has 0 bridgehead atoms. The van der Waals surface area contributed by atoms with Crippen LogP contribution < -0.4 is 10.6 Å². The third-order valence-electron chi connectivity index (χ3n) is 6.24. The van der Waals surface area contributed by atoms with Crippen molar-refractivity contribution in [3.63, 3.8) is 0 Å². The van der Waals surface area contributed by atoms with Crippen LogP contribution in [0.2, 0.25) is 0 Å². The van der Waals surface area contributed by atoms with Gasteiger partial charge in [0.05, 0.1) is 25.1 Å². The number of carbonyl (C=O) groups is 4. The Labute approximate surface area is 212 Å². The van der Waals surface area contributed by atoms with Crippen molar-refractivity contribution in [2.45, 2.75) is 90.7 Å². The van der Waals surface area contributed by atoms with Crippen molar-refractivity contribution >= 4 is 29.4 Å². The van der Waals surface area contributed by atoms with Gasteiger partial charge < -0.3 is 20.1 Å². The number of ether oxygens (including phenoxy) is 2. The maximum atomic E-state index is 15.0. The number of halogens is 1. The monoisotopic (exact) mass is 506 g/mol. The van der Waals surface area contributed by atoms with E-state index in [0.717, 1.165) is 32.1 Å². The van der Waals surface area contributed by atoms with Crippen LogP contribution in [0.1, 0.15) is 78.2 Å². The number of nitrogens with one attached hydrogen (secondary N) is 2. The van der Waals surface area contributed by atoms with E-state index < -0.39 is 41.2 Å². The van der Waals surface area contributed by atoms with Crippen molar-refractivity contribution < 1.29 is 33.0 Å². The molecule has 1 fully saturated rings. The molecule has 0 saturated heterocycles. The topological polar surface area (TPSA) is 111 Å². The fourth-order valence-corrected chi connectivity index (χ4v) is 4.45. The number of hydrogen-bond acceptors (Lipinski definition) is 6. The number of carbonyl (C=O) groups excluding carboxylic acids is 4. The molecule has 2 amide bonds.